The molecule has 0 radical (unpaired) electrons. The Kier molecular flexibility index (Phi) is 5.11. The SMILES string of the molecule is O=C(NCc1ccc2c(c1)OCO2)c1cccc(C(=O)Nc2cccc(F)c2)c1. The fraction of sp³-hybridized carbons (Fsp3) is 0.0909. The maximum absolute atomic E-state index is 13.3. The average Bonchev–Trinajstić information content (AvgIpc) is 3.20. The van der Waals surface area contributed by atoms with Crippen LogP contribution in [0.5, 0.6) is 11.5 Å². The number of amides is 2. The zero-order valence-electron chi connectivity index (χ0n) is 15.3. The van der Waals surface area contributed by atoms with Gasteiger partial charge in [0.2, 0.25) is 6.79 Å². The fourth-order valence-electron chi connectivity index (χ4n) is 2.91. The van der Waals surface area contributed by atoms with Crippen molar-refractivity contribution in [1.29, 1.82) is 0 Å². The number of carbonyl (C=O) groups excluding carboxylic acids is 2. The Labute approximate surface area is 166 Å². The highest BCUT2D eigenvalue weighted by Crippen LogP contribution is 2.32. The third-order valence-corrected chi connectivity index (χ3v) is 4.36. The van der Waals surface area contributed by atoms with Crippen LogP contribution < -0.4 is 20.1 Å². The first kappa shape index (κ1) is 18.5. The molecule has 29 heavy (non-hydrogen) atoms. The highest BCUT2D eigenvalue weighted by Gasteiger charge is 2.14. The van der Waals surface area contributed by atoms with Gasteiger partial charge in [-0.15, -0.1) is 0 Å². The van der Waals surface area contributed by atoms with Gasteiger partial charge in [-0.2, -0.15) is 0 Å². The molecule has 1 aliphatic heterocycles. The lowest BCUT2D eigenvalue weighted by molar-refractivity contribution is 0.0951. The van der Waals surface area contributed by atoms with Crippen LogP contribution in [0.25, 0.3) is 0 Å². The van der Waals surface area contributed by atoms with Crippen LogP contribution in [-0.4, -0.2) is 18.6 Å². The summed E-state index contributed by atoms with van der Waals surface area (Å²) in [5, 5.41) is 5.42. The predicted molar refractivity (Wildman–Crippen MR) is 105 cm³/mol. The standard InChI is InChI=1S/C22H17FN2O4/c23-17-5-2-6-18(11-17)25-22(27)16-4-1-3-15(10-16)21(26)24-12-14-7-8-19-20(9-14)29-13-28-19/h1-11H,12-13H2,(H,24,26)(H,25,27). The van der Waals surface area contributed by atoms with Crippen molar-refractivity contribution in [1.82, 2.24) is 5.32 Å². The molecule has 2 amide bonds. The minimum Gasteiger partial charge on any atom is -0.454 e. The van der Waals surface area contributed by atoms with Gasteiger partial charge in [-0.1, -0.05) is 18.2 Å². The first-order valence-corrected chi connectivity index (χ1v) is 8.92. The Morgan fingerprint density at radius 3 is 2.45 bits per heavy atom. The Morgan fingerprint density at radius 1 is 0.862 bits per heavy atom. The van der Waals surface area contributed by atoms with E-state index in [0.717, 1.165) is 5.56 Å². The van der Waals surface area contributed by atoms with Crippen molar-refractivity contribution < 1.29 is 23.5 Å². The summed E-state index contributed by atoms with van der Waals surface area (Å²) < 4.78 is 23.9. The third-order valence-electron chi connectivity index (χ3n) is 4.36. The highest BCUT2D eigenvalue weighted by molar-refractivity contribution is 6.06. The topological polar surface area (TPSA) is 76.7 Å². The second-order valence-electron chi connectivity index (χ2n) is 6.42. The molecule has 0 fully saturated rings. The van der Waals surface area contributed by atoms with E-state index in [9.17, 15) is 14.0 Å². The summed E-state index contributed by atoms with van der Waals surface area (Å²) in [6.45, 7) is 0.491. The molecule has 0 aliphatic carbocycles. The number of benzene rings is 3. The Morgan fingerprint density at radius 2 is 1.62 bits per heavy atom. The number of anilines is 1. The zero-order chi connectivity index (χ0) is 20.2. The van der Waals surface area contributed by atoms with Crippen molar-refractivity contribution in [3.8, 4) is 11.5 Å². The quantitative estimate of drug-likeness (QED) is 0.694. The molecular formula is C22H17FN2O4. The number of nitrogens with one attached hydrogen (secondary N) is 2. The maximum Gasteiger partial charge on any atom is 0.255 e. The smallest absolute Gasteiger partial charge is 0.255 e. The molecule has 0 bridgehead atoms. The Hall–Kier alpha value is -3.87. The van der Waals surface area contributed by atoms with Crippen LogP contribution in [0.15, 0.2) is 66.7 Å². The monoisotopic (exact) mass is 392 g/mol. The molecule has 0 atom stereocenters. The van der Waals surface area contributed by atoms with E-state index < -0.39 is 11.7 Å². The van der Waals surface area contributed by atoms with Crippen LogP contribution in [0.1, 0.15) is 26.3 Å². The second kappa shape index (κ2) is 8.02. The summed E-state index contributed by atoms with van der Waals surface area (Å²) in [7, 11) is 0. The third kappa shape index (κ3) is 4.35. The van der Waals surface area contributed by atoms with E-state index in [0.29, 0.717) is 34.9 Å². The molecule has 0 saturated carbocycles. The van der Waals surface area contributed by atoms with Crippen LogP contribution in [0, 0.1) is 5.82 Å². The molecule has 1 aliphatic rings. The van der Waals surface area contributed by atoms with Gasteiger partial charge in [0.1, 0.15) is 5.82 Å². The molecule has 3 aromatic rings. The van der Waals surface area contributed by atoms with Crippen molar-refractivity contribution >= 4 is 17.5 Å². The van der Waals surface area contributed by atoms with E-state index in [1.54, 1.807) is 30.3 Å². The molecular weight excluding hydrogens is 375 g/mol. The van der Waals surface area contributed by atoms with Crippen molar-refractivity contribution in [3.05, 3.63) is 89.2 Å². The van der Waals surface area contributed by atoms with E-state index in [2.05, 4.69) is 10.6 Å². The predicted octanol–water partition coefficient (Wildman–Crippen LogP) is 3.74. The largest absolute Gasteiger partial charge is 0.454 e. The van der Waals surface area contributed by atoms with Crippen molar-refractivity contribution in [2.45, 2.75) is 6.54 Å². The van der Waals surface area contributed by atoms with Gasteiger partial charge in [0.15, 0.2) is 11.5 Å². The number of halogens is 1. The number of ether oxygens (including phenoxy) is 2. The van der Waals surface area contributed by atoms with E-state index in [1.807, 2.05) is 12.1 Å². The van der Waals surface area contributed by atoms with Gasteiger partial charge in [0, 0.05) is 23.4 Å². The van der Waals surface area contributed by atoms with Crippen molar-refractivity contribution in [3.63, 3.8) is 0 Å². The molecule has 3 aromatic carbocycles. The molecule has 4 rings (SSSR count). The molecule has 0 spiro atoms. The molecule has 7 heteroatoms. The normalized spacial score (nSPS) is 11.8. The van der Waals surface area contributed by atoms with Crippen LogP contribution in [0.4, 0.5) is 10.1 Å². The maximum atomic E-state index is 13.3. The van der Waals surface area contributed by atoms with E-state index in [-0.39, 0.29) is 12.7 Å². The minimum atomic E-state index is -0.445. The molecule has 0 saturated heterocycles. The summed E-state index contributed by atoms with van der Waals surface area (Å²) in [4.78, 5) is 24.9. The van der Waals surface area contributed by atoms with Gasteiger partial charge in [0.05, 0.1) is 0 Å². The van der Waals surface area contributed by atoms with Gasteiger partial charge in [0.25, 0.3) is 11.8 Å². The van der Waals surface area contributed by atoms with Crippen LogP contribution in [0.3, 0.4) is 0 Å². The molecule has 0 unspecified atom stereocenters. The summed E-state index contributed by atoms with van der Waals surface area (Å²) in [5.74, 6) is 0.133. The zero-order valence-corrected chi connectivity index (χ0v) is 15.3. The van der Waals surface area contributed by atoms with Gasteiger partial charge in [-0.25, -0.2) is 4.39 Å². The highest BCUT2D eigenvalue weighted by atomic mass is 19.1. The van der Waals surface area contributed by atoms with Crippen LogP contribution in [0.2, 0.25) is 0 Å². The lowest BCUT2D eigenvalue weighted by atomic mass is 10.1. The first-order valence-electron chi connectivity index (χ1n) is 8.92. The van der Waals surface area contributed by atoms with Crippen molar-refractivity contribution in [2.24, 2.45) is 0 Å². The molecule has 6 nitrogen and oxygen atoms in total. The number of carbonyl (C=O) groups is 2. The summed E-state index contributed by atoms with van der Waals surface area (Å²) in [6, 6.07) is 17.4. The summed E-state index contributed by atoms with van der Waals surface area (Å²) >= 11 is 0. The Balaban J connectivity index is 1.41. The van der Waals surface area contributed by atoms with Crippen LogP contribution in [-0.2, 0) is 6.54 Å². The van der Waals surface area contributed by atoms with Gasteiger partial charge >= 0.3 is 0 Å². The molecule has 146 valence electrons. The fourth-order valence-corrected chi connectivity index (χ4v) is 2.91. The lowest BCUT2D eigenvalue weighted by Gasteiger charge is -2.09. The average molecular weight is 392 g/mol. The summed E-state index contributed by atoms with van der Waals surface area (Å²) in [6.07, 6.45) is 0. The van der Waals surface area contributed by atoms with Crippen molar-refractivity contribution in [2.75, 3.05) is 12.1 Å². The van der Waals surface area contributed by atoms with E-state index in [1.165, 1.54) is 24.3 Å². The van der Waals surface area contributed by atoms with Gasteiger partial charge < -0.3 is 20.1 Å². The second-order valence-corrected chi connectivity index (χ2v) is 6.42. The summed E-state index contributed by atoms with van der Waals surface area (Å²) in [5.41, 5.74) is 1.85. The molecule has 2 N–H and O–H groups in total. The number of hydrogen-bond acceptors (Lipinski definition) is 4. The van der Waals surface area contributed by atoms with Gasteiger partial charge in [-0.05, 0) is 54.1 Å². The molecule has 1 heterocycles. The number of rotatable bonds is 5. The lowest BCUT2D eigenvalue weighted by Crippen LogP contribution is -2.23. The van der Waals surface area contributed by atoms with E-state index in [4.69, 9.17) is 9.47 Å². The first-order chi connectivity index (χ1) is 14.1. The minimum absolute atomic E-state index is 0.190. The number of fused-ring (bicyclic) bond motifs is 1. The number of hydrogen-bond donors (Lipinski definition) is 2. The van der Waals surface area contributed by atoms with Gasteiger partial charge in [-0.3, -0.25) is 9.59 Å². The van der Waals surface area contributed by atoms with Crippen LogP contribution >= 0.6 is 0 Å². The molecule has 0 aromatic heterocycles. The Bertz CT molecular complexity index is 1080. The van der Waals surface area contributed by atoms with E-state index >= 15 is 0 Å².